The van der Waals surface area contributed by atoms with Crippen LogP contribution in [-0.2, 0) is 11.3 Å². The Bertz CT molecular complexity index is 1690. The highest BCUT2D eigenvalue weighted by atomic mass is 16.1. The Balaban J connectivity index is 1.44. The number of hydrogen-bond donors (Lipinski definition) is 2. The Morgan fingerprint density at radius 2 is 1.55 bits per heavy atom. The molecule has 256 valence electrons. The number of nitrogens with one attached hydrogen (secondary N) is 2. The predicted octanol–water partition coefficient (Wildman–Crippen LogP) is 9.87. The third-order valence-electron chi connectivity index (χ3n) is 8.50. The monoisotopic (exact) mass is 655 g/mol. The van der Waals surface area contributed by atoms with Crippen molar-refractivity contribution in [1.82, 2.24) is 14.8 Å². The summed E-state index contributed by atoms with van der Waals surface area (Å²) in [5.41, 5.74) is 6.99. The van der Waals surface area contributed by atoms with Crippen molar-refractivity contribution in [3.05, 3.63) is 102 Å². The highest BCUT2D eigenvalue weighted by Crippen LogP contribution is 2.42. The molecule has 0 aliphatic carbocycles. The normalized spacial score (nSPS) is 10.9. The maximum Gasteiger partial charge on any atom is 0.219 e. The van der Waals surface area contributed by atoms with Gasteiger partial charge in [-0.05, 0) is 48.1 Å². The van der Waals surface area contributed by atoms with Crippen LogP contribution < -0.4 is 5.32 Å². The molecule has 0 saturated carbocycles. The van der Waals surface area contributed by atoms with Gasteiger partial charge in [-0.1, -0.05) is 130 Å². The standard InChI is InChI=1S/C43H53N5O/c1-4-5-6-7-8-11-20-30-45-40(49)29-19-10-9-14-22-35-23-21-24-36(31-35)33-48-42(38-27-17-13-18-28-38)41(37-25-15-12-16-26-37)39(32-44)43(48)46-34-47(2)3/h12-13,15-18,21,23-28,31-32,34,44H,4-11,19-20,29-30,33H2,1-3H3,(H,45,49)/b44-32?,46-34-. The second-order valence-corrected chi connectivity index (χ2v) is 12.8. The lowest BCUT2D eigenvalue weighted by atomic mass is 9.98. The molecule has 4 aromatic rings. The van der Waals surface area contributed by atoms with Gasteiger partial charge in [0, 0.05) is 62.9 Å². The molecule has 0 saturated heterocycles. The Kier molecular flexibility index (Phi) is 15.4. The largest absolute Gasteiger partial charge is 0.369 e. The van der Waals surface area contributed by atoms with E-state index < -0.39 is 0 Å². The zero-order chi connectivity index (χ0) is 34.7. The van der Waals surface area contributed by atoms with Crippen molar-refractivity contribution in [2.45, 2.75) is 84.1 Å². The van der Waals surface area contributed by atoms with E-state index in [1.807, 2.05) is 61.5 Å². The number of hydrogen-bond acceptors (Lipinski definition) is 3. The van der Waals surface area contributed by atoms with Gasteiger partial charge in [-0.15, -0.1) is 0 Å². The first-order chi connectivity index (χ1) is 24.0. The van der Waals surface area contributed by atoms with Gasteiger partial charge in [0.15, 0.2) is 0 Å². The molecule has 0 spiro atoms. The third-order valence-corrected chi connectivity index (χ3v) is 8.50. The van der Waals surface area contributed by atoms with Crippen LogP contribution >= 0.6 is 0 Å². The first-order valence-electron chi connectivity index (χ1n) is 17.9. The fourth-order valence-electron chi connectivity index (χ4n) is 6.01. The van der Waals surface area contributed by atoms with Crippen molar-refractivity contribution < 1.29 is 4.79 Å². The molecule has 6 heteroatoms. The number of carbonyl (C=O) groups is 1. The van der Waals surface area contributed by atoms with Crippen LogP contribution in [0.4, 0.5) is 5.82 Å². The number of carbonyl (C=O) groups excluding carboxylic acids is 1. The van der Waals surface area contributed by atoms with E-state index in [1.165, 1.54) is 44.7 Å². The molecular formula is C43H53N5O. The lowest BCUT2D eigenvalue weighted by molar-refractivity contribution is -0.121. The summed E-state index contributed by atoms with van der Waals surface area (Å²) >= 11 is 0. The average Bonchev–Trinajstić information content (AvgIpc) is 3.43. The molecule has 1 heterocycles. The maximum absolute atomic E-state index is 12.2. The molecule has 49 heavy (non-hydrogen) atoms. The zero-order valence-electron chi connectivity index (χ0n) is 29.7. The van der Waals surface area contributed by atoms with Crippen LogP contribution in [0.2, 0.25) is 0 Å². The molecule has 0 radical (unpaired) electrons. The molecule has 3 aromatic carbocycles. The molecule has 1 aromatic heterocycles. The Hall–Kier alpha value is -4.89. The lowest BCUT2D eigenvalue weighted by Crippen LogP contribution is -2.23. The van der Waals surface area contributed by atoms with Crippen LogP contribution in [-0.4, -0.2) is 48.6 Å². The van der Waals surface area contributed by atoms with Crippen molar-refractivity contribution in [3.63, 3.8) is 0 Å². The van der Waals surface area contributed by atoms with E-state index in [-0.39, 0.29) is 5.91 Å². The van der Waals surface area contributed by atoms with Crippen LogP contribution in [0.1, 0.15) is 94.2 Å². The van der Waals surface area contributed by atoms with Crippen molar-refractivity contribution in [1.29, 1.82) is 5.41 Å². The van der Waals surface area contributed by atoms with Crippen LogP contribution in [0, 0.1) is 17.3 Å². The van der Waals surface area contributed by atoms with E-state index in [4.69, 9.17) is 10.4 Å². The van der Waals surface area contributed by atoms with Crippen molar-refractivity contribution in [2.24, 2.45) is 4.99 Å². The van der Waals surface area contributed by atoms with Crippen molar-refractivity contribution in [3.8, 4) is 34.2 Å². The summed E-state index contributed by atoms with van der Waals surface area (Å²) in [5.74, 6) is 7.57. The van der Waals surface area contributed by atoms with E-state index in [1.54, 1.807) is 6.34 Å². The Morgan fingerprint density at radius 3 is 2.24 bits per heavy atom. The van der Waals surface area contributed by atoms with Crippen molar-refractivity contribution in [2.75, 3.05) is 20.6 Å². The molecule has 0 fully saturated rings. The van der Waals surface area contributed by atoms with Gasteiger partial charge >= 0.3 is 0 Å². The lowest BCUT2D eigenvalue weighted by Gasteiger charge is -2.14. The van der Waals surface area contributed by atoms with Gasteiger partial charge in [0.1, 0.15) is 5.82 Å². The SMILES string of the molecule is CCCCCCCCCNC(=O)CCCCC#Cc1cccc(Cn2c(/N=C\N(C)C)c(C=N)c(-c3ccccc3)c2-c2ccccc2)c1. The van der Waals surface area contributed by atoms with Crippen LogP contribution in [0.3, 0.4) is 0 Å². The van der Waals surface area contributed by atoms with E-state index in [0.29, 0.717) is 13.0 Å². The quantitative estimate of drug-likeness (QED) is 0.0457. The van der Waals surface area contributed by atoms with E-state index in [0.717, 1.165) is 77.1 Å². The number of aromatic nitrogens is 1. The number of aliphatic imine (C=N–C) groups is 1. The molecule has 4 rings (SSSR count). The van der Waals surface area contributed by atoms with Gasteiger partial charge < -0.3 is 20.2 Å². The number of unbranched alkanes of at least 4 members (excludes halogenated alkanes) is 8. The number of benzene rings is 3. The fourth-order valence-corrected chi connectivity index (χ4v) is 6.01. The third kappa shape index (κ3) is 11.6. The summed E-state index contributed by atoms with van der Waals surface area (Å²) in [4.78, 5) is 19.0. The number of nitrogens with zero attached hydrogens (tertiary/aromatic N) is 3. The molecular weight excluding hydrogens is 603 g/mol. The highest BCUT2D eigenvalue weighted by Gasteiger charge is 2.24. The predicted molar refractivity (Wildman–Crippen MR) is 207 cm³/mol. The van der Waals surface area contributed by atoms with Crippen LogP contribution in [0.15, 0.2) is 89.9 Å². The van der Waals surface area contributed by atoms with Gasteiger partial charge in [-0.2, -0.15) is 0 Å². The molecule has 1 amide bonds. The molecule has 0 aliphatic rings. The molecule has 0 bridgehead atoms. The minimum Gasteiger partial charge on any atom is -0.369 e. The van der Waals surface area contributed by atoms with Gasteiger partial charge in [0.05, 0.1) is 12.0 Å². The summed E-state index contributed by atoms with van der Waals surface area (Å²) in [5, 5.41) is 11.6. The fraction of sp³-hybridized carbons (Fsp3) is 0.372. The maximum atomic E-state index is 12.2. The minimum atomic E-state index is 0.155. The molecule has 2 N–H and O–H groups in total. The van der Waals surface area contributed by atoms with Gasteiger partial charge in [0.25, 0.3) is 0 Å². The first-order valence-corrected chi connectivity index (χ1v) is 17.9. The molecule has 0 atom stereocenters. The van der Waals surface area contributed by atoms with Crippen LogP contribution in [0.5, 0.6) is 0 Å². The Morgan fingerprint density at radius 1 is 0.857 bits per heavy atom. The summed E-state index contributed by atoms with van der Waals surface area (Å²) in [7, 11) is 3.90. The molecule has 6 nitrogen and oxygen atoms in total. The topological polar surface area (TPSA) is 73.5 Å². The van der Waals surface area contributed by atoms with Crippen molar-refractivity contribution >= 4 is 24.3 Å². The highest BCUT2D eigenvalue weighted by molar-refractivity contribution is 6.02. The van der Waals surface area contributed by atoms with E-state index >= 15 is 0 Å². The minimum absolute atomic E-state index is 0.155. The smallest absolute Gasteiger partial charge is 0.219 e. The summed E-state index contributed by atoms with van der Waals surface area (Å²) in [6, 6.07) is 29.0. The summed E-state index contributed by atoms with van der Waals surface area (Å²) in [6.07, 6.45) is 15.1. The number of amides is 1. The Labute approximate surface area is 294 Å². The first kappa shape index (κ1) is 36.9. The molecule has 0 aliphatic heterocycles. The summed E-state index contributed by atoms with van der Waals surface area (Å²) < 4.78 is 2.23. The van der Waals surface area contributed by atoms with E-state index in [9.17, 15) is 4.79 Å². The average molecular weight is 656 g/mol. The second kappa shape index (κ2) is 20.5. The van der Waals surface area contributed by atoms with E-state index in [2.05, 4.69) is 71.1 Å². The summed E-state index contributed by atoms with van der Waals surface area (Å²) in [6.45, 7) is 3.60. The molecule has 0 unspecified atom stereocenters. The van der Waals surface area contributed by atoms with Gasteiger partial charge in [-0.3, -0.25) is 4.79 Å². The zero-order valence-corrected chi connectivity index (χ0v) is 29.7. The van der Waals surface area contributed by atoms with Gasteiger partial charge in [0.2, 0.25) is 5.91 Å². The second-order valence-electron chi connectivity index (χ2n) is 12.8. The van der Waals surface area contributed by atoms with Gasteiger partial charge in [-0.25, -0.2) is 4.99 Å². The number of rotatable bonds is 19. The van der Waals surface area contributed by atoms with Crippen LogP contribution in [0.25, 0.3) is 22.4 Å².